The van der Waals surface area contributed by atoms with Crippen molar-refractivity contribution >= 4 is 47.1 Å². The fourth-order valence-corrected chi connectivity index (χ4v) is 3.85. The summed E-state index contributed by atoms with van der Waals surface area (Å²) in [6.07, 6.45) is 0. The van der Waals surface area contributed by atoms with Gasteiger partial charge in [-0.1, -0.05) is 36.4 Å². The Morgan fingerprint density at radius 2 is 0.744 bits per heavy atom. The van der Waals surface area contributed by atoms with Crippen molar-refractivity contribution in [1.82, 2.24) is 9.80 Å². The summed E-state index contributed by atoms with van der Waals surface area (Å²) in [6.45, 7) is 3.90. The molecule has 2 amide bonds. The number of carbonyl (C=O) groups excluding carboxylic acids is 6. The van der Waals surface area contributed by atoms with Gasteiger partial charge in [-0.3, -0.25) is 19.4 Å². The van der Waals surface area contributed by atoms with Crippen molar-refractivity contribution in [1.29, 1.82) is 0 Å². The monoisotopic (exact) mass is 683 g/mol. The number of anilines is 2. The first-order valence-corrected chi connectivity index (χ1v) is 12.5. The molecule has 235 valence electrons. The van der Waals surface area contributed by atoms with Crippen LogP contribution in [0, 0.1) is 27.7 Å². The maximum atomic E-state index is 11.9. The van der Waals surface area contributed by atoms with Crippen LogP contribution >= 0.6 is 0 Å². The Kier molecular flexibility index (Phi) is 17.2. The number of nitrogens with one attached hydrogen (secondary N) is 2. The number of hydrogen-bond acceptors (Lipinski definition) is 12. The van der Waals surface area contributed by atoms with Gasteiger partial charge in [0.05, 0.1) is 37.0 Å². The summed E-state index contributed by atoms with van der Waals surface area (Å²) in [5, 5.41) is 47.5. The zero-order chi connectivity index (χ0) is 32.0. The van der Waals surface area contributed by atoms with E-state index in [1.807, 2.05) is 64.1 Å². The van der Waals surface area contributed by atoms with E-state index in [-0.39, 0.29) is 33.2 Å². The van der Waals surface area contributed by atoms with E-state index in [4.69, 9.17) is 0 Å². The quantitative estimate of drug-likeness (QED) is 0.195. The maximum Gasteiger partial charge on any atom is 0.238 e. The molecule has 2 aromatic carbocycles. The second-order valence-electron chi connectivity index (χ2n) is 9.41. The summed E-state index contributed by atoms with van der Waals surface area (Å²) in [5.74, 6) is -6.86. The summed E-state index contributed by atoms with van der Waals surface area (Å²) < 4.78 is 0. The zero-order valence-electron chi connectivity index (χ0n) is 24.1. The molecule has 0 saturated heterocycles. The number of nitrogens with zero attached hydrogens (tertiary/aromatic N) is 2. The Morgan fingerprint density at radius 1 is 0.512 bits per heavy atom. The Labute approximate surface area is 262 Å². The first kappa shape index (κ1) is 38.8. The van der Waals surface area contributed by atoms with Gasteiger partial charge in [-0.25, -0.2) is 0 Å². The van der Waals surface area contributed by atoms with Crippen LogP contribution in [0.15, 0.2) is 36.4 Å². The normalized spacial score (nSPS) is 10.2. The van der Waals surface area contributed by atoms with E-state index in [1.54, 1.807) is 0 Å². The standard InChI is InChI=1S/2C14H18N2O5.Tc/c2*1-9-4-3-5-10(2)14(9)15-11(17)6-16(7-12(18)19)8-13(20)21;/h2*3-5H,6-8H2,1-2H3,(H,15,17)(H,18,19)(H,20,21);/p-4/i;;1+1. The molecule has 14 nitrogen and oxygen atoms in total. The average Bonchev–Trinajstić information content (AvgIpc) is 2.82. The number of aliphatic carboxylic acids is 4. The minimum atomic E-state index is -1.46. The van der Waals surface area contributed by atoms with Crippen molar-refractivity contribution in [2.75, 3.05) is 49.9 Å². The molecule has 0 aliphatic heterocycles. The fraction of sp³-hybridized carbons (Fsp3) is 0.357. The molecule has 2 rings (SSSR count). The van der Waals surface area contributed by atoms with Crippen molar-refractivity contribution < 1.29 is 69.3 Å². The molecule has 0 aliphatic rings. The van der Waals surface area contributed by atoms with Crippen LogP contribution in [0.2, 0.25) is 0 Å². The van der Waals surface area contributed by atoms with E-state index in [0.29, 0.717) is 11.4 Å². The van der Waals surface area contributed by atoms with Gasteiger partial charge in [-0.05, 0) is 49.9 Å². The Morgan fingerprint density at radius 3 is 0.953 bits per heavy atom. The van der Waals surface area contributed by atoms with Crippen LogP contribution in [0.4, 0.5) is 11.4 Å². The number of carboxylic acids is 4. The SMILES string of the molecule is Cc1cccc(C)c1NC(=O)CN(CC(=O)[O-])CC(=O)[O-].Cc1cccc(C)c1NC(=O)CN(CC(=O)[O-])CC(=O)[O-].[99Tc]. The van der Waals surface area contributed by atoms with Crippen LogP contribution in [0.25, 0.3) is 0 Å². The molecule has 2 N–H and O–H groups in total. The molecule has 0 unspecified atom stereocenters. The Balaban J connectivity index is 0.000000802. The molecule has 1 radical (unpaired) electrons. The molecule has 0 aliphatic carbocycles. The maximum absolute atomic E-state index is 11.9. The second kappa shape index (κ2) is 19.1. The Bertz CT molecular complexity index is 1150. The predicted octanol–water partition coefficient (Wildman–Crippen LogP) is -3.92. The van der Waals surface area contributed by atoms with Gasteiger partial charge in [-0.2, -0.15) is 0 Å². The topological polar surface area (TPSA) is 225 Å². The second-order valence-corrected chi connectivity index (χ2v) is 9.41. The van der Waals surface area contributed by atoms with Gasteiger partial charge in [0, 0.05) is 57.7 Å². The molecule has 0 atom stereocenters. The smallest absolute Gasteiger partial charge is 0.238 e. The van der Waals surface area contributed by atoms with Gasteiger partial charge in [0.2, 0.25) is 11.8 Å². The van der Waals surface area contributed by atoms with Crippen LogP contribution in [0.5, 0.6) is 0 Å². The molecule has 15 heteroatoms. The first-order chi connectivity index (χ1) is 19.6. The van der Waals surface area contributed by atoms with Crippen LogP contribution in [0.1, 0.15) is 22.3 Å². The van der Waals surface area contributed by atoms with Crippen LogP contribution in [-0.4, -0.2) is 84.8 Å². The van der Waals surface area contributed by atoms with Gasteiger partial charge in [0.15, 0.2) is 0 Å². The molecule has 0 aromatic heterocycles. The summed E-state index contributed by atoms with van der Waals surface area (Å²) in [4.78, 5) is 67.8. The zero-order valence-corrected chi connectivity index (χ0v) is 25.9. The van der Waals surface area contributed by atoms with Crippen molar-refractivity contribution in [2.24, 2.45) is 0 Å². The number of rotatable bonds is 14. The molecule has 0 spiro atoms. The predicted molar refractivity (Wildman–Crippen MR) is 142 cm³/mol. The van der Waals surface area contributed by atoms with E-state index < -0.39 is 61.9 Å². The van der Waals surface area contributed by atoms with Gasteiger partial charge >= 0.3 is 0 Å². The Hall–Kier alpha value is -4.17. The first-order valence-electron chi connectivity index (χ1n) is 12.5. The minimum Gasteiger partial charge on any atom is -0.549 e. The number of carboxylic acid groups (broad SMARTS) is 4. The molecular formula is C28H32N4O10Tc-4. The number of amides is 2. The van der Waals surface area contributed by atoms with E-state index in [0.717, 1.165) is 32.1 Å². The third-order valence-corrected chi connectivity index (χ3v) is 5.64. The number of benzene rings is 2. The van der Waals surface area contributed by atoms with Gasteiger partial charge in [-0.15, -0.1) is 0 Å². The number of aryl methyl sites for hydroxylation is 4. The average molecular weight is 683 g/mol. The third-order valence-electron chi connectivity index (χ3n) is 5.64. The summed E-state index contributed by atoms with van der Waals surface area (Å²) >= 11 is 0. The van der Waals surface area contributed by atoms with Crippen molar-refractivity contribution in [3.63, 3.8) is 0 Å². The van der Waals surface area contributed by atoms with Crippen LogP contribution in [0.3, 0.4) is 0 Å². The van der Waals surface area contributed by atoms with Crippen molar-refractivity contribution in [3.05, 3.63) is 58.7 Å². The van der Waals surface area contributed by atoms with E-state index in [2.05, 4.69) is 10.6 Å². The molecule has 0 bridgehead atoms. The summed E-state index contributed by atoms with van der Waals surface area (Å²) in [5.41, 5.74) is 4.68. The minimum absolute atomic E-state index is 0. The van der Waals surface area contributed by atoms with Gasteiger partial charge in [0.1, 0.15) is 0 Å². The number of para-hydroxylation sites is 2. The summed E-state index contributed by atoms with van der Waals surface area (Å²) in [7, 11) is 0. The van der Waals surface area contributed by atoms with Crippen LogP contribution < -0.4 is 31.1 Å². The van der Waals surface area contributed by atoms with E-state index in [1.165, 1.54) is 0 Å². The van der Waals surface area contributed by atoms with Crippen molar-refractivity contribution in [3.8, 4) is 0 Å². The molecule has 0 saturated carbocycles. The van der Waals surface area contributed by atoms with Crippen molar-refractivity contribution in [2.45, 2.75) is 27.7 Å². The molecule has 0 heterocycles. The van der Waals surface area contributed by atoms with Gasteiger partial charge < -0.3 is 50.2 Å². The molecule has 0 fully saturated rings. The van der Waals surface area contributed by atoms with Crippen LogP contribution in [-0.2, 0) is 48.9 Å². The van der Waals surface area contributed by atoms with E-state index in [9.17, 15) is 49.2 Å². The summed E-state index contributed by atoms with van der Waals surface area (Å²) in [6, 6.07) is 11.0. The van der Waals surface area contributed by atoms with E-state index >= 15 is 0 Å². The van der Waals surface area contributed by atoms with Gasteiger partial charge in [0.25, 0.3) is 0 Å². The number of carbonyl (C=O) groups is 6. The molecular weight excluding hydrogens is 651 g/mol. The number of hydrogen-bond donors (Lipinski definition) is 2. The molecule has 43 heavy (non-hydrogen) atoms. The third kappa shape index (κ3) is 15.6. The fourth-order valence-electron chi connectivity index (χ4n) is 3.85. The molecule has 2 aromatic rings. The largest absolute Gasteiger partial charge is 0.549 e.